The summed E-state index contributed by atoms with van der Waals surface area (Å²) in [6, 6.07) is 6.48. The van der Waals surface area contributed by atoms with Crippen molar-refractivity contribution in [2.45, 2.75) is 17.1 Å². The van der Waals surface area contributed by atoms with Gasteiger partial charge in [-0.25, -0.2) is 9.97 Å². The molecular weight excluding hydrogens is 329 g/mol. The van der Waals surface area contributed by atoms with Crippen LogP contribution in [0.2, 0.25) is 0 Å². The van der Waals surface area contributed by atoms with Crippen LogP contribution in [0.25, 0.3) is 11.4 Å². The molecule has 118 valence electrons. The summed E-state index contributed by atoms with van der Waals surface area (Å²) in [6.45, 7) is 0. The molecule has 0 radical (unpaired) electrons. The Kier molecular flexibility index (Phi) is 4.28. The van der Waals surface area contributed by atoms with Crippen molar-refractivity contribution in [2.75, 3.05) is 0 Å². The van der Waals surface area contributed by atoms with Crippen LogP contribution in [0.4, 0.5) is 13.2 Å². The molecule has 0 aliphatic carbocycles. The van der Waals surface area contributed by atoms with Crippen molar-refractivity contribution in [1.29, 1.82) is 0 Å². The van der Waals surface area contributed by atoms with Crippen LogP contribution in [-0.2, 0) is 11.9 Å². The van der Waals surface area contributed by atoms with Crippen LogP contribution >= 0.6 is 11.8 Å². The minimum absolute atomic E-state index is 0.112. The lowest BCUT2D eigenvalue weighted by atomic mass is 10.1. The van der Waals surface area contributed by atoms with Crippen molar-refractivity contribution in [3.8, 4) is 11.4 Å². The summed E-state index contributed by atoms with van der Waals surface area (Å²) in [6.07, 6.45) is -1.20. The molecule has 2 aromatic heterocycles. The fourth-order valence-electron chi connectivity index (χ4n) is 1.75. The SMILES string of the molecule is FC(F)(F)c1cccc(-c2noc(CSc3ncccn3)n2)c1. The van der Waals surface area contributed by atoms with E-state index in [-0.39, 0.29) is 17.3 Å². The van der Waals surface area contributed by atoms with Gasteiger partial charge in [0.15, 0.2) is 5.16 Å². The summed E-state index contributed by atoms with van der Waals surface area (Å²) in [7, 11) is 0. The molecule has 0 bridgehead atoms. The number of aromatic nitrogens is 4. The maximum atomic E-state index is 12.7. The van der Waals surface area contributed by atoms with Gasteiger partial charge in [-0.1, -0.05) is 29.1 Å². The van der Waals surface area contributed by atoms with Gasteiger partial charge in [0.1, 0.15) is 0 Å². The number of benzene rings is 1. The molecular formula is C14H9F3N4OS. The van der Waals surface area contributed by atoms with Crippen molar-refractivity contribution < 1.29 is 17.7 Å². The number of hydrogen-bond acceptors (Lipinski definition) is 6. The number of rotatable bonds is 4. The van der Waals surface area contributed by atoms with Gasteiger partial charge < -0.3 is 4.52 Å². The summed E-state index contributed by atoms with van der Waals surface area (Å²) in [4.78, 5) is 12.2. The summed E-state index contributed by atoms with van der Waals surface area (Å²) in [5.74, 6) is 0.728. The Balaban J connectivity index is 1.74. The van der Waals surface area contributed by atoms with Crippen LogP contribution in [0.3, 0.4) is 0 Å². The van der Waals surface area contributed by atoms with Crippen LogP contribution in [0.15, 0.2) is 52.4 Å². The van der Waals surface area contributed by atoms with Gasteiger partial charge in [0.25, 0.3) is 0 Å². The largest absolute Gasteiger partial charge is 0.416 e. The van der Waals surface area contributed by atoms with Gasteiger partial charge in [-0.2, -0.15) is 18.2 Å². The quantitative estimate of drug-likeness (QED) is 0.532. The van der Waals surface area contributed by atoms with Crippen molar-refractivity contribution in [2.24, 2.45) is 0 Å². The lowest BCUT2D eigenvalue weighted by molar-refractivity contribution is -0.137. The smallest absolute Gasteiger partial charge is 0.338 e. The fraction of sp³-hybridized carbons (Fsp3) is 0.143. The number of halogens is 3. The van der Waals surface area contributed by atoms with E-state index in [0.717, 1.165) is 12.1 Å². The van der Waals surface area contributed by atoms with Gasteiger partial charge >= 0.3 is 6.18 Å². The maximum Gasteiger partial charge on any atom is 0.416 e. The van der Waals surface area contributed by atoms with E-state index in [4.69, 9.17) is 4.52 Å². The highest BCUT2D eigenvalue weighted by Crippen LogP contribution is 2.31. The van der Waals surface area contributed by atoms with Crippen molar-refractivity contribution in [3.63, 3.8) is 0 Å². The highest BCUT2D eigenvalue weighted by molar-refractivity contribution is 7.98. The molecule has 2 heterocycles. The Morgan fingerprint density at radius 1 is 1.09 bits per heavy atom. The first kappa shape index (κ1) is 15.5. The van der Waals surface area contributed by atoms with E-state index in [9.17, 15) is 13.2 Å². The zero-order valence-corrected chi connectivity index (χ0v) is 12.3. The fourth-order valence-corrected chi connectivity index (χ4v) is 2.39. The number of nitrogens with zero attached hydrogens (tertiary/aromatic N) is 4. The predicted molar refractivity (Wildman–Crippen MR) is 76.3 cm³/mol. The Labute approximate surface area is 133 Å². The first-order valence-corrected chi connectivity index (χ1v) is 7.41. The summed E-state index contributed by atoms with van der Waals surface area (Å²) in [5.41, 5.74) is -0.510. The van der Waals surface area contributed by atoms with E-state index in [1.165, 1.54) is 23.9 Å². The molecule has 0 spiro atoms. The van der Waals surface area contributed by atoms with Gasteiger partial charge in [0.2, 0.25) is 11.7 Å². The first-order valence-electron chi connectivity index (χ1n) is 6.42. The molecule has 0 atom stereocenters. The van der Waals surface area contributed by atoms with Gasteiger partial charge in [-0.05, 0) is 18.2 Å². The van der Waals surface area contributed by atoms with Gasteiger partial charge in [0.05, 0.1) is 11.3 Å². The second-order valence-corrected chi connectivity index (χ2v) is 5.35. The number of alkyl halides is 3. The Morgan fingerprint density at radius 3 is 2.61 bits per heavy atom. The predicted octanol–water partition coefficient (Wildman–Crippen LogP) is 3.84. The molecule has 0 fully saturated rings. The molecule has 0 unspecified atom stereocenters. The Hall–Kier alpha value is -2.42. The third-order valence-electron chi connectivity index (χ3n) is 2.78. The second kappa shape index (κ2) is 6.37. The molecule has 3 rings (SSSR count). The third-order valence-corrected chi connectivity index (χ3v) is 3.64. The molecule has 9 heteroatoms. The molecule has 0 saturated carbocycles. The van der Waals surface area contributed by atoms with E-state index in [1.54, 1.807) is 18.5 Å². The van der Waals surface area contributed by atoms with Crippen molar-refractivity contribution >= 4 is 11.8 Å². The lowest BCUT2D eigenvalue weighted by Crippen LogP contribution is -2.04. The van der Waals surface area contributed by atoms with Crippen LogP contribution in [0.5, 0.6) is 0 Å². The molecule has 0 N–H and O–H groups in total. The average Bonchev–Trinajstić information content (AvgIpc) is 3.02. The minimum Gasteiger partial charge on any atom is -0.338 e. The van der Waals surface area contributed by atoms with E-state index in [2.05, 4.69) is 20.1 Å². The van der Waals surface area contributed by atoms with Crippen LogP contribution in [-0.4, -0.2) is 20.1 Å². The summed E-state index contributed by atoms with van der Waals surface area (Å²) >= 11 is 1.29. The third kappa shape index (κ3) is 3.86. The maximum absolute atomic E-state index is 12.7. The highest BCUT2D eigenvalue weighted by Gasteiger charge is 2.30. The molecule has 1 aromatic carbocycles. The van der Waals surface area contributed by atoms with E-state index in [1.807, 2.05) is 0 Å². The van der Waals surface area contributed by atoms with E-state index in [0.29, 0.717) is 10.9 Å². The number of thioether (sulfide) groups is 1. The second-order valence-electron chi connectivity index (χ2n) is 4.41. The van der Waals surface area contributed by atoms with Crippen molar-refractivity contribution in [3.05, 3.63) is 54.2 Å². The van der Waals surface area contributed by atoms with E-state index >= 15 is 0 Å². The van der Waals surface area contributed by atoms with Crippen LogP contribution in [0, 0.1) is 0 Å². The van der Waals surface area contributed by atoms with Crippen LogP contribution in [0.1, 0.15) is 11.5 Å². The molecule has 5 nitrogen and oxygen atoms in total. The monoisotopic (exact) mass is 338 g/mol. The van der Waals surface area contributed by atoms with Crippen molar-refractivity contribution in [1.82, 2.24) is 20.1 Å². The van der Waals surface area contributed by atoms with Crippen LogP contribution < -0.4 is 0 Å². The Morgan fingerprint density at radius 2 is 1.87 bits per heavy atom. The topological polar surface area (TPSA) is 64.7 Å². The molecule has 0 saturated heterocycles. The standard InChI is InChI=1S/C14H9F3N4OS/c15-14(16,17)10-4-1-3-9(7-10)12-20-11(22-21-12)8-23-13-18-5-2-6-19-13/h1-7H,8H2. The molecule has 3 aromatic rings. The average molecular weight is 338 g/mol. The minimum atomic E-state index is -4.41. The zero-order chi connectivity index (χ0) is 16.3. The molecule has 0 aliphatic rings. The highest BCUT2D eigenvalue weighted by atomic mass is 32.2. The lowest BCUT2D eigenvalue weighted by Gasteiger charge is -2.06. The zero-order valence-electron chi connectivity index (χ0n) is 11.5. The van der Waals surface area contributed by atoms with Gasteiger partial charge in [-0.3, -0.25) is 0 Å². The number of hydrogen-bond donors (Lipinski definition) is 0. The molecule has 0 amide bonds. The van der Waals surface area contributed by atoms with Gasteiger partial charge in [0, 0.05) is 18.0 Å². The molecule has 0 aliphatic heterocycles. The first-order chi connectivity index (χ1) is 11.0. The molecule has 23 heavy (non-hydrogen) atoms. The Bertz CT molecular complexity index is 792. The summed E-state index contributed by atoms with van der Waals surface area (Å²) in [5, 5.41) is 4.26. The summed E-state index contributed by atoms with van der Waals surface area (Å²) < 4.78 is 43.2. The van der Waals surface area contributed by atoms with E-state index < -0.39 is 11.7 Å². The normalized spacial score (nSPS) is 11.6. The van der Waals surface area contributed by atoms with Gasteiger partial charge in [-0.15, -0.1) is 0 Å².